The quantitative estimate of drug-likeness (QED) is 0.460. The number of nitrogens with two attached hydrogens (primary N) is 2. The molecule has 1 aromatic carbocycles. The molecule has 35 heavy (non-hydrogen) atoms. The Morgan fingerprint density at radius 1 is 1.09 bits per heavy atom. The number of rotatable bonds is 4. The number of nitrogen functional groups attached to an aromatic ring is 2. The van der Waals surface area contributed by atoms with E-state index in [1.54, 1.807) is 6.33 Å². The number of hydrogen-bond acceptors (Lipinski definition) is 7. The molecule has 0 unspecified atom stereocenters. The largest absolute Gasteiger partial charge is 0.383 e. The van der Waals surface area contributed by atoms with Gasteiger partial charge in [0.15, 0.2) is 5.79 Å². The van der Waals surface area contributed by atoms with Crippen LogP contribution in [-0.4, -0.2) is 37.5 Å². The van der Waals surface area contributed by atoms with Crippen molar-refractivity contribution >= 4 is 33.6 Å². The lowest BCUT2D eigenvalue weighted by Gasteiger charge is -2.24. The molecular weight excluding hydrogens is 440 g/mol. The molecule has 4 heterocycles. The lowest BCUT2D eigenvalue weighted by molar-refractivity contribution is -0.161. The van der Waals surface area contributed by atoms with Crippen LogP contribution in [0.15, 0.2) is 42.9 Å². The zero-order valence-electron chi connectivity index (χ0n) is 20.2. The van der Waals surface area contributed by atoms with Gasteiger partial charge in [0, 0.05) is 17.0 Å². The lowest BCUT2D eigenvalue weighted by atomic mass is 9.91. The topological polar surface area (TPSA) is 114 Å². The minimum absolute atomic E-state index is 0.0171. The minimum Gasteiger partial charge on any atom is -0.383 e. The summed E-state index contributed by atoms with van der Waals surface area (Å²) in [4.78, 5) is 13.3. The first-order valence-corrected chi connectivity index (χ1v) is 12.3. The Hall–Kier alpha value is -3.23. The van der Waals surface area contributed by atoms with Crippen molar-refractivity contribution in [3.63, 3.8) is 0 Å². The first-order valence-electron chi connectivity index (χ1n) is 12.3. The van der Waals surface area contributed by atoms with E-state index in [4.69, 9.17) is 20.9 Å². The van der Waals surface area contributed by atoms with Crippen LogP contribution in [0.4, 0.5) is 11.6 Å². The summed E-state index contributed by atoms with van der Waals surface area (Å²) in [6.07, 6.45) is 6.79. The Morgan fingerprint density at radius 2 is 1.94 bits per heavy atom. The van der Waals surface area contributed by atoms with Crippen molar-refractivity contribution < 1.29 is 9.47 Å². The molecule has 4 aromatic rings. The summed E-state index contributed by atoms with van der Waals surface area (Å²) in [6, 6.07) is 10.8. The molecule has 3 fully saturated rings. The van der Waals surface area contributed by atoms with Gasteiger partial charge >= 0.3 is 0 Å². The molecule has 0 radical (unpaired) electrons. The van der Waals surface area contributed by atoms with Gasteiger partial charge in [-0.2, -0.15) is 0 Å². The third kappa shape index (κ3) is 3.02. The molecule has 5 atom stereocenters. The molecule has 7 rings (SSSR count). The van der Waals surface area contributed by atoms with E-state index in [-0.39, 0.29) is 23.7 Å². The molecule has 1 saturated heterocycles. The van der Waals surface area contributed by atoms with E-state index in [9.17, 15) is 0 Å². The number of aryl methyl sites for hydroxylation is 2. The van der Waals surface area contributed by atoms with Gasteiger partial charge in [-0.15, -0.1) is 0 Å². The maximum absolute atomic E-state index is 6.56. The fourth-order valence-corrected chi connectivity index (χ4v) is 6.73. The fourth-order valence-electron chi connectivity index (χ4n) is 6.73. The van der Waals surface area contributed by atoms with E-state index in [1.165, 1.54) is 5.56 Å². The van der Waals surface area contributed by atoms with Crippen molar-refractivity contribution in [3.05, 3.63) is 54.0 Å². The SMILES string of the molecule is Cc1cc2ccc(CC[C@]34C[C@@H]3[C@@H](n3ccc5c(N)ncnc53)[C@@H]3OC(C)(C)O[C@@H]34)cc2nc1N. The maximum Gasteiger partial charge on any atom is 0.163 e. The summed E-state index contributed by atoms with van der Waals surface area (Å²) in [7, 11) is 0. The second-order valence-corrected chi connectivity index (χ2v) is 11.0. The van der Waals surface area contributed by atoms with Crippen molar-refractivity contribution in [2.24, 2.45) is 11.3 Å². The predicted molar refractivity (Wildman–Crippen MR) is 135 cm³/mol. The van der Waals surface area contributed by atoms with Crippen LogP contribution in [0.1, 0.15) is 43.9 Å². The zero-order valence-corrected chi connectivity index (χ0v) is 20.2. The van der Waals surface area contributed by atoms with Gasteiger partial charge in [0.05, 0.1) is 23.0 Å². The zero-order chi connectivity index (χ0) is 24.1. The normalized spacial score (nSPS) is 30.6. The number of nitrogens with zero attached hydrogens (tertiary/aromatic N) is 4. The fraction of sp³-hybridized carbons (Fsp3) is 0.444. The first kappa shape index (κ1) is 21.1. The molecule has 3 aliphatic rings. The van der Waals surface area contributed by atoms with Gasteiger partial charge in [0.1, 0.15) is 29.7 Å². The van der Waals surface area contributed by atoms with E-state index in [0.29, 0.717) is 17.6 Å². The van der Waals surface area contributed by atoms with Crippen LogP contribution in [0.3, 0.4) is 0 Å². The molecule has 3 aromatic heterocycles. The number of hydrogen-bond donors (Lipinski definition) is 2. The second kappa shape index (κ2) is 6.92. The smallest absolute Gasteiger partial charge is 0.163 e. The van der Waals surface area contributed by atoms with E-state index in [1.807, 2.05) is 26.8 Å². The molecule has 0 spiro atoms. The summed E-state index contributed by atoms with van der Waals surface area (Å²) in [5, 5.41) is 2.01. The third-order valence-electron chi connectivity index (χ3n) is 8.48. The number of fused-ring (bicyclic) bond motifs is 5. The number of ether oxygens (including phenoxy) is 2. The highest BCUT2D eigenvalue weighted by molar-refractivity contribution is 5.86. The number of pyridine rings is 1. The maximum atomic E-state index is 6.56. The van der Waals surface area contributed by atoms with Crippen LogP contribution < -0.4 is 11.5 Å². The lowest BCUT2D eigenvalue weighted by Crippen LogP contribution is -2.32. The Balaban J connectivity index is 1.21. The van der Waals surface area contributed by atoms with Crippen molar-refractivity contribution in [3.8, 4) is 0 Å². The van der Waals surface area contributed by atoms with Crippen LogP contribution in [-0.2, 0) is 15.9 Å². The molecule has 0 bridgehead atoms. The number of anilines is 2. The van der Waals surface area contributed by atoms with Gasteiger partial charge in [-0.3, -0.25) is 0 Å². The first-order chi connectivity index (χ1) is 16.8. The van der Waals surface area contributed by atoms with Crippen LogP contribution in [0.2, 0.25) is 0 Å². The van der Waals surface area contributed by atoms with E-state index in [2.05, 4.69) is 50.0 Å². The van der Waals surface area contributed by atoms with Crippen molar-refractivity contribution in [1.29, 1.82) is 0 Å². The Morgan fingerprint density at radius 3 is 2.80 bits per heavy atom. The standard InChI is InChI=1S/C27H30N6O2/c1-14-10-16-5-4-15(11-19(16)32-23(14)28)6-8-27-12-18(27)20(21-22(27)35-26(2,3)34-21)33-9-7-17-24(29)30-13-31-25(17)33/h4-5,7,9-11,13,18,20-22H,6,8,12H2,1-3H3,(H2,28,32)(H2,29,30,31)/t18-,20-,21+,22+,27+/m1/s1. The van der Waals surface area contributed by atoms with Gasteiger partial charge in [0.25, 0.3) is 0 Å². The average molecular weight is 471 g/mol. The molecular formula is C27H30N6O2. The third-order valence-corrected chi connectivity index (χ3v) is 8.48. The van der Waals surface area contributed by atoms with Crippen LogP contribution in [0.25, 0.3) is 21.9 Å². The van der Waals surface area contributed by atoms with E-state index in [0.717, 1.165) is 46.8 Å². The molecule has 2 saturated carbocycles. The molecule has 0 amide bonds. The van der Waals surface area contributed by atoms with Gasteiger partial charge in [-0.25, -0.2) is 15.0 Å². The molecule has 1 aliphatic heterocycles. The van der Waals surface area contributed by atoms with Crippen LogP contribution in [0.5, 0.6) is 0 Å². The molecule has 2 aliphatic carbocycles. The summed E-state index contributed by atoms with van der Waals surface area (Å²) in [5.41, 5.74) is 16.4. The summed E-state index contributed by atoms with van der Waals surface area (Å²) in [6.45, 7) is 6.03. The predicted octanol–water partition coefficient (Wildman–Crippen LogP) is 4.17. The highest BCUT2D eigenvalue weighted by Gasteiger charge is 2.75. The van der Waals surface area contributed by atoms with Gasteiger partial charge in [-0.1, -0.05) is 12.1 Å². The van der Waals surface area contributed by atoms with Gasteiger partial charge in [0.2, 0.25) is 0 Å². The molecule has 8 nitrogen and oxygen atoms in total. The summed E-state index contributed by atoms with van der Waals surface area (Å²) >= 11 is 0. The van der Waals surface area contributed by atoms with Gasteiger partial charge in [-0.05, 0) is 75.3 Å². The van der Waals surface area contributed by atoms with Crippen LogP contribution >= 0.6 is 0 Å². The summed E-state index contributed by atoms with van der Waals surface area (Å²) in [5.74, 6) is 0.972. The minimum atomic E-state index is -0.604. The highest BCUT2D eigenvalue weighted by atomic mass is 16.8. The molecule has 180 valence electrons. The Bertz CT molecular complexity index is 1500. The highest BCUT2D eigenvalue weighted by Crippen LogP contribution is 2.73. The average Bonchev–Trinajstić information content (AvgIpc) is 3.07. The number of aromatic nitrogens is 4. The van der Waals surface area contributed by atoms with Crippen LogP contribution in [0, 0.1) is 18.3 Å². The second-order valence-electron chi connectivity index (χ2n) is 11.0. The van der Waals surface area contributed by atoms with Crippen molar-refractivity contribution in [2.75, 3.05) is 11.5 Å². The Labute approximate surface area is 203 Å². The van der Waals surface area contributed by atoms with E-state index >= 15 is 0 Å². The van der Waals surface area contributed by atoms with E-state index < -0.39 is 5.79 Å². The molecule has 8 heteroatoms. The van der Waals surface area contributed by atoms with Crippen molar-refractivity contribution in [2.45, 2.75) is 64.1 Å². The Kier molecular flexibility index (Phi) is 4.17. The summed E-state index contributed by atoms with van der Waals surface area (Å²) < 4.78 is 15.3. The van der Waals surface area contributed by atoms with Gasteiger partial charge < -0.3 is 25.5 Å². The number of benzene rings is 1. The molecule has 4 N–H and O–H groups in total. The monoisotopic (exact) mass is 470 g/mol. The van der Waals surface area contributed by atoms with Crippen molar-refractivity contribution in [1.82, 2.24) is 19.5 Å².